The summed E-state index contributed by atoms with van der Waals surface area (Å²) in [5, 5.41) is 11.5. The first-order valence-electron chi connectivity index (χ1n) is 8.08. The molecule has 0 aliphatic carbocycles. The molecule has 1 aliphatic rings. The molecule has 1 saturated heterocycles. The maximum absolute atomic E-state index is 12.0. The van der Waals surface area contributed by atoms with Gasteiger partial charge in [-0.25, -0.2) is 0 Å². The molecule has 1 fully saturated rings. The van der Waals surface area contributed by atoms with Crippen LogP contribution in [0.4, 0.5) is 0 Å². The number of aromatic nitrogens is 4. The molecule has 1 N–H and O–H groups in total. The molecule has 124 valence electrons. The Labute approximate surface area is 138 Å². The second-order valence-electron chi connectivity index (χ2n) is 6.03. The number of aryl methyl sites for hydroxylation is 1. The predicted molar refractivity (Wildman–Crippen MR) is 89.0 cm³/mol. The number of fused-ring (bicyclic) bond motifs is 1. The Kier molecular flexibility index (Phi) is 3.78. The average Bonchev–Trinajstić information content (AvgIpc) is 3.27. The number of rotatable bonds is 4. The third-order valence-corrected chi connectivity index (χ3v) is 4.43. The maximum Gasteiger partial charge on any atom is 0.295 e. The second-order valence-corrected chi connectivity index (χ2v) is 6.03. The molecule has 0 amide bonds. The molecule has 0 bridgehead atoms. The largest absolute Gasteiger partial charge is 0.486 e. The van der Waals surface area contributed by atoms with E-state index in [1.165, 1.54) is 23.0 Å². The first-order chi connectivity index (χ1) is 11.7. The average molecular weight is 325 g/mol. The summed E-state index contributed by atoms with van der Waals surface area (Å²) in [4.78, 5) is 12.0. The molecule has 0 spiro atoms. The van der Waals surface area contributed by atoms with Crippen LogP contribution < -0.4 is 15.6 Å². The molecule has 7 nitrogen and oxygen atoms in total. The zero-order chi connectivity index (χ0) is 16.5. The first-order valence-corrected chi connectivity index (χ1v) is 8.08. The third-order valence-electron chi connectivity index (χ3n) is 4.43. The van der Waals surface area contributed by atoms with E-state index in [1.54, 1.807) is 23.8 Å². The van der Waals surface area contributed by atoms with Crippen LogP contribution in [0.15, 0.2) is 41.5 Å². The monoisotopic (exact) mass is 325 g/mol. The van der Waals surface area contributed by atoms with Gasteiger partial charge in [-0.05, 0) is 37.1 Å². The van der Waals surface area contributed by atoms with Crippen molar-refractivity contribution in [1.29, 1.82) is 0 Å². The van der Waals surface area contributed by atoms with Gasteiger partial charge >= 0.3 is 0 Å². The van der Waals surface area contributed by atoms with E-state index in [0.29, 0.717) is 17.5 Å². The highest BCUT2D eigenvalue weighted by Gasteiger charge is 2.16. The SMILES string of the molecule is Cn1ccn2c(COc3ccc(C4CCCN4)cc3)nnc2c1=O. The van der Waals surface area contributed by atoms with Crippen molar-refractivity contribution in [2.75, 3.05) is 6.54 Å². The van der Waals surface area contributed by atoms with Crippen LogP contribution >= 0.6 is 0 Å². The van der Waals surface area contributed by atoms with Gasteiger partial charge in [0.2, 0.25) is 5.65 Å². The van der Waals surface area contributed by atoms with E-state index in [2.05, 4.69) is 27.6 Å². The summed E-state index contributed by atoms with van der Waals surface area (Å²) in [6, 6.07) is 8.58. The summed E-state index contributed by atoms with van der Waals surface area (Å²) in [7, 11) is 1.69. The molecular weight excluding hydrogens is 306 g/mol. The van der Waals surface area contributed by atoms with Gasteiger partial charge in [0, 0.05) is 25.5 Å². The van der Waals surface area contributed by atoms with E-state index in [9.17, 15) is 4.79 Å². The van der Waals surface area contributed by atoms with E-state index < -0.39 is 0 Å². The van der Waals surface area contributed by atoms with Crippen LogP contribution in [0.2, 0.25) is 0 Å². The van der Waals surface area contributed by atoms with Crippen LogP contribution in [0, 0.1) is 0 Å². The molecule has 1 atom stereocenters. The Morgan fingerprint density at radius 2 is 2.08 bits per heavy atom. The Hall–Kier alpha value is -2.67. The molecule has 0 radical (unpaired) electrons. The minimum Gasteiger partial charge on any atom is -0.486 e. The van der Waals surface area contributed by atoms with Crippen LogP contribution in [-0.4, -0.2) is 25.7 Å². The summed E-state index contributed by atoms with van der Waals surface area (Å²) >= 11 is 0. The van der Waals surface area contributed by atoms with E-state index in [0.717, 1.165) is 12.3 Å². The van der Waals surface area contributed by atoms with Gasteiger partial charge < -0.3 is 14.6 Å². The van der Waals surface area contributed by atoms with E-state index in [1.807, 2.05) is 12.1 Å². The summed E-state index contributed by atoms with van der Waals surface area (Å²) in [6.07, 6.45) is 5.86. The lowest BCUT2D eigenvalue weighted by atomic mass is 10.1. The lowest BCUT2D eigenvalue weighted by molar-refractivity contribution is 0.294. The summed E-state index contributed by atoms with van der Waals surface area (Å²) < 4.78 is 8.94. The van der Waals surface area contributed by atoms with Gasteiger partial charge in [0.15, 0.2) is 5.82 Å². The molecule has 3 aromatic rings. The minimum atomic E-state index is -0.176. The molecule has 0 saturated carbocycles. The standard InChI is InChI=1S/C17H19N5O2/c1-21-9-10-22-15(19-20-16(22)17(21)23)11-24-13-6-4-12(5-7-13)14-3-2-8-18-14/h4-7,9-10,14,18H,2-3,8,11H2,1H3. The van der Waals surface area contributed by atoms with Crippen LogP contribution in [0.3, 0.4) is 0 Å². The molecule has 1 unspecified atom stereocenters. The lowest BCUT2D eigenvalue weighted by Crippen LogP contribution is -2.18. The van der Waals surface area contributed by atoms with Crippen molar-refractivity contribution in [1.82, 2.24) is 24.5 Å². The summed E-state index contributed by atoms with van der Waals surface area (Å²) in [6.45, 7) is 1.34. The molecule has 4 rings (SSSR count). The van der Waals surface area contributed by atoms with Gasteiger partial charge in [0.25, 0.3) is 5.56 Å². The van der Waals surface area contributed by atoms with Crippen molar-refractivity contribution in [2.24, 2.45) is 7.05 Å². The fourth-order valence-electron chi connectivity index (χ4n) is 3.03. The minimum absolute atomic E-state index is 0.176. The smallest absolute Gasteiger partial charge is 0.295 e. The Morgan fingerprint density at radius 1 is 1.25 bits per heavy atom. The molecular formula is C17H19N5O2. The number of ether oxygens (including phenoxy) is 1. The van der Waals surface area contributed by atoms with Crippen molar-refractivity contribution in [3.63, 3.8) is 0 Å². The fraction of sp³-hybridized carbons (Fsp3) is 0.353. The summed E-state index contributed by atoms with van der Waals surface area (Å²) in [5.74, 6) is 1.38. The molecule has 3 heterocycles. The van der Waals surface area contributed by atoms with Crippen molar-refractivity contribution < 1.29 is 4.74 Å². The number of hydrogen-bond acceptors (Lipinski definition) is 5. The summed E-state index contributed by atoms with van der Waals surface area (Å²) in [5.41, 5.74) is 1.42. The zero-order valence-corrected chi connectivity index (χ0v) is 13.5. The number of hydrogen-bond donors (Lipinski definition) is 1. The van der Waals surface area contributed by atoms with Crippen LogP contribution in [0.25, 0.3) is 5.65 Å². The Bertz CT molecular complexity index is 907. The molecule has 7 heteroatoms. The van der Waals surface area contributed by atoms with Gasteiger partial charge in [-0.2, -0.15) is 0 Å². The highest BCUT2D eigenvalue weighted by molar-refractivity contribution is 5.34. The highest BCUT2D eigenvalue weighted by Crippen LogP contribution is 2.24. The van der Waals surface area contributed by atoms with Crippen molar-refractivity contribution in [2.45, 2.75) is 25.5 Å². The topological polar surface area (TPSA) is 73.5 Å². The van der Waals surface area contributed by atoms with Crippen molar-refractivity contribution >= 4 is 5.65 Å². The maximum atomic E-state index is 12.0. The molecule has 1 aliphatic heterocycles. The highest BCUT2D eigenvalue weighted by atomic mass is 16.5. The van der Waals surface area contributed by atoms with Crippen molar-refractivity contribution in [3.8, 4) is 5.75 Å². The number of nitrogens with one attached hydrogen (secondary N) is 1. The fourth-order valence-corrected chi connectivity index (χ4v) is 3.03. The Balaban J connectivity index is 1.49. The molecule has 1 aromatic carbocycles. The Morgan fingerprint density at radius 3 is 2.83 bits per heavy atom. The second kappa shape index (κ2) is 6.09. The van der Waals surface area contributed by atoms with E-state index in [-0.39, 0.29) is 12.2 Å². The lowest BCUT2D eigenvalue weighted by Gasteiger charge is -2.11. The first kappa shape index (κ1) is 14.9. The predicted octanol–water partition coefficient (Wildman–Crippen LogP) is 1.43. The normalized spacial score (nSPS) is 17.5. The van der Waals surface area contributed by atoms with Gasteiger partial charge in [-0.1, -0.05) is 12.1 Å². The third kappa shape index (κ3) is 2.67. The number of benzene rings is 1. The van der Waals surface area contributed by atoms with Gasteiger partial charge in [-0.3, -0.25) is 9.20 Å². The van der Waals surface area contributed by atoms with Gasteiger partial charge in [0.1, 0.15) is 12.4 Å². The van der Waals surface area contributed by atoms with Crippen LogP contribution in [0.1, 0.15) is 30.3 Å². The quantitative estimate of drug-likeness (QED) is 0.785. The van der Waals surface area contributed by atoms with Gasteiger partial charge in [-0.15, -0.1) is 10.2 Å². The van der Waals surface area contributed by atoms with Gasteiger partial charge in [0.05, 0.1) is 0 Å². The zero-order valence-electron chi connectivity index (χ0n) is 13.5. The molecule has 24 heavy (non-hydrogen) atoms. The van der Waals surface area contributed by atoms with E-state index >= 15 is 0 Å². The van der Waals surface area contributed by atoms with E-state index in [4.69, 9.17) is 4.74 Å². The molecule has 2 aromatic heterocycles. The van der Waals surface area contributed by atoms with Crippen LogP contribution in [0.5, 0.6) is 5.75 Å². The van der Waals surface area contributed by atoms with Crippen LogP contribution in [-0.2, 0) is 13.7 Å². The van der Waals surface area contributed by atoms with Crippen molar-refractivity contribution in [3.05, 3.63) is 58.4 Å². The number of nitrogens with zero attached hydrogens (tertiary/aromatic N) is 4.